The van der Waals surface area contributed by atoms with Gasteiger partial charge in [0.15, 0.2) is 0 Å². The molecule has 1 amide bonds. The molecule has 1 aliphatic heterocycles. The Morgan fingerprint density at radius 3 is 2.93 bits per heavy atom. The third-order valence-corrected chi connectivity index (χ3v) is 4.44. The number of hydrogen-bond donors (Lipinski definition) is 2. The van der Waals surface area contributed by atoms with E-state index in [1.54, 1.807) is 6.07 Å². The van der Waals surface area contributed by atoms with E-state index in [-0.39, 0.29) is 11.7 Å². The molecule has 0 spiro atoms. The zero-order chi connectivity index (χ0) is 19.6. The number of aromatic amines is 1. The summed E-state index contributed by atoms with van der Waals surface area (Å²) in [6.07, 6.45) is 2.59. The zero-order valence-electron chi connectivity index (χ0n) is 15.8. The van der Waals surface area contributed by atoms with Gasteiger partial charge >= 0.3 is 6.09 Å². The first-order valence-corrected chi connectivity index (χ1v) is 9.10. The molecule has 2 heterocycles. The summed E-state index contributed by atoms with van der Waals surface area (Å²) in [4.78, 5) is 32.4. The standard InChI is InChI=1S/C18H25N5O4/c1-18(2,3)27-17(24)19-11-13-6-4-5-9-22(13)16-20-14-8-7-12(23(25)26)10-15(14)21-16/h7-8,10,13H,4-6,9,11H2,1-3H3,(H,19,24)(H,20,21)/t13-/m1/s1. The van der Waals surface area contributed by atoms with Crippen LogP contribution in [0.1, 0.15) is 40.0 Å². The van der Waals surface area contributed by atoms with Gasteiger partial charge in [-0.3, -0.25) is 10.1 Å². The second-order valence-electron chi connectivity index (χ2n) is 7.74. The number of fused-ring (bicyclic) bond motifs is 1. The molecule has 3 rings (SSSR count). The number of carbonyl (C=O) groups excluding carboxylic acids is 1. The number of piperidine rings is 1. The number of nitrogens with zero attached hydrogens (tertiary/aromatic N) is 3. The first-order chi connectivity index (χ1) is 12.7. The van der Waals surface area contributed by atoms with E-state index >= 15 is 0 Å². The molecule has 0 saturated carbocycles. The molecule has 9 heteroatoms. The Morgan fingerprint density at radius 1 is 1.44 bits per heavy atom. The van der Waals surface area contributed by atoms with Crippen LogP contribution in [0.3, 0.4) is 0 Å². The predicted molar refractivity (Wildman–Crippen MR) is 102 cm³/mol. The van der Waals surface area contributed by atoms with Crippen molar-refractivity contribution in [3.8, 4) is 0 Å². The van der Waals surface area contributed by atoms with Crippen molar-refractivity contribution in [2.45, 2.75) is 51.7 Å². The summed E-state index contributed by atoms with van der Waals surface area (Å²) in [5.74, 6) is 0.668. The zero-order valence-corrected chi connectivity index (χ0v) is 15.8. The van der Waals surface area contributed by atoms with E-state index in [1.807, 2.05) is 20.8 Å². The van der Waals surface area contributed by atoms with E-state index in [0.717, 1.165) is 25.8 Å². The Bertz CT molecular complexity index is 842. The Balaban J connectivity index is 1.74. The number of nitro benzene ring substituents is 1. The SMILES string of the molecule is CC(C)(C)OC(=O)NC[C@H]1CCCCN1c1nc2ccc([N+](=O)[O-])cc2[nH]1. The summed E-state index contributed by atoms with van der Waals surface area (Å²) in [5, 5.41) is 13.8. The van der Waals surface area contributed by atoms with Crippen LogP contribution in [-0.2, 0) is 4.74 Å². The van der Waals surface area contributed by atoms with Gasteiger partial charge in [0.05, 0.1) is 16.0 Å². The first-order valence-electron chi connectivity index (χ1n) is 9.10. The fourth-order valence-electron chi connectivity index (χ4n) is 3.24. The molecule has 0 radical (unpaired) electrons. The number of nitrogens with one attached hydrogen (secondary N) is 2. The van der Waals surface area contributed by atoms with Crippen molar-refractivity contribution < 1.29 is 14.5 Å². The van der Waals surface area contributed by atoms with Crippen LogP contribution in [0.2, 0.25) is 0 Å². The summed E-state index contributed by atoms with van der Waals surface area (Å²) in [6, 6.07) is 4.67. The molecule has 1 aliphatic rings. The number of aromatic nitrogens is 2. The number of nitro groups is 1. The monoisotopic (exact) mass is 375 g/mol. The third-order valence-electron chi connectivity index (χ3n) is 4.44. The van der Waals surface area contributed by atoms with Gasteiger partial charge in [-0.1, -0.05) is 0 Å². The number of hydrogen-bond acceptors (Lipinski definition) is 6. The lowest BCUT2D eigenvalue weighted by Gasteiger charge is -2.35. The molecular weight excluding hydrogens is 350 g/mol. The van der Waals surface area contributed by atoms with Crippen molar-refractivity contribution in [3.63, 3.8) is 0 Å². The van der Waals surface area contributed by atoms with Gasteiger partial charge in [0.1, 0.15) is 5.60 Å². The molecule has 1 atom stereocenters. The number of carbonyl (C=O) groups is 1. The lowest BCUT2D eigenvalue weighted by atomic mass is 10.0. The van der Waals surface area contributed by atoms with Crippen LogP contribution in [0.25, 0.3) is 11.0 Å². The second kappa shape index (κ2) is 7.42. The molecule has 2 aromatic rings. The summed E-state index contributed by atoms with van der Waals surface area (Å²) >= 11 is 0. The molecule has 2 N–H and O–H groups in total. The number of amides is 1. The lowest BCUT2D eigenvalue weighted by molar-refractivity contribution is -0.384. The van der Waals surface area contributed by atoms with Gasteiger partial charge in [-0.15, -0.1) is 0 Å². The molecule has 0 bridgehead atoms. The van der Waals surface area contributed by atoms with Gasteiger partial charge in [0.25, 0.3) is 5.69 Å². The fourth-order valence-corrected chi connectivity index (χ4v) is 3.24. The molecule has 0 aliphatic carbocycles. The van der Waals surface area contributed by atoms with Crippen LogP contribution in [0.4, 0.5) is 16.4 Å². The Morgan fingerprint density at radius 2 is 2.22 bits per heavy atom. The minimum atomic E-state index is -0.538. The van der Waals surface area contributed by atoms with Gasteiger partial charge < -0.3 is 19.9 Å². The van der Waals surface area contributed by atoms with E-state index in [2.05, 4.69) is 20.2 Å². The van der Waals surface area contributed by atoms with Crippen molar-refractivity contribution in [3.05, 3.63) is 28.3 Å². The molecule has 0 unspecified atom stereocenters. The maximum atomic E-state index is 11.9. The number of ether oxygens (including phenoxy) is 1. The van der Waals surface area contributed by atoms with Crippen LogP contribution in [0.15, 0.2) is 18.2 Å². The summed E-state index contributed by atoms with van der Waals surface area (Å²) in [6.45, 7) is 6.74. The maximum absolute atomic E-state index is 11.9. The number of non-ortho nitro benzene ring substituents is 1. The van der Waals surface area contributed by atoms with Crippen LogP contribution >= 0.6 is 0 Å². The maximum Gasteiger partial charge on any atom is 0.407 e. The number of alkyl carbamates (subject to hydrolysis) is 1. The van der Waals surface area contributed by atoms with Gasteiger partial charge in [-0.25, -0.2) is 9.78 Å². The van der Waals surface area contributed by atoms with Crippen molar-refractivity contribution in [1.29, 1.82) is 0 Å². The molecule has 1 saturated heterocycles. The highest BCUT2D eigenvalue weighted by Gasteiger charge is 2.26. The van der Waals surface area contributed by atoms with Gasteiger partial charge in [-0.2, -0.15) is 0 Å². The van der Waals surface area contributed by atoms with Gasteiger partial charge in [-0.05, 0) is 46.1 Å². The summed E-state index contributed by atoms with van der Waals surface area (Å²) in [5.41, 5.74) is 0.798. The minimum Gasteiger partial charge on any atom is -0.444 e. The van der Waals surface area contributed by atoms with Crippen molar-refractivity contribution in [2.75, 3.05) is 18.0 Å². The lowest BCUT2D eigenvalue weighted by Crippen LogP contribution is -2.48. The van der Waals surface area contributed by atoms with Gasteiger partial charge in [0.2, 0.25) is 5.95 Å². The van der Waals surface area contributed by atoms with Crippen molar-refractivity contribution in [2.24, 2.45) is 0 Å². The molecule has 146 valence electrons. The molecule has 1 aromatic heterocycles. The molecule has 1 aromatic carbocycles. The highest BCUT2D eigenvalue weighted by atomic mass is 16.6. The topological polar surface area (TPSA) is 113 Å². The second-order valence-corrected chi connectivity index (χ2v) is 7.74. The number of anilines is 1. The highest BCUT2D eigenvalue weighted by molar-refractivity contribution is 5.80. The first kappa shape index (κ1) is 18.9. The average Bonchev–Trinajstić information content (AvgIpc) is 3.01. The Hall–Kier alpha value is -2.84. The van der Waals surface area contributed by atoms with Crippen molar-refractivity contribution in [1.82, 2.24) is 15.3 Å². The van der Waals surface area contributed by atoms with Crippen LogP contribution in [0, 0.1) is 10.1 Å². The average molecular weight is 375 g/mol. The minimum absolute atomic E-state index is 0.0273. The Labute approximate surface area is 157 Å². The predicted octanol–water partition coefficient (Wildman–Crippen LogP) is 3.35. The van der Waals surface area contributed by atoms with Crippen LogP contribution in [-0.4, -0.2) is 45.7 Å². The van der Waals surface area contributed by atoms with Gasteiger partial charge in [0, 0.05) is 31.3 Å². The molecule has 1 fully saturated rings. The number of rotatable bonds is 4. The number of H-pyrrole nitrogens is 1. The number of imidazole rings is 1. The molecule has 9 nitrogen and oxygen atoms in total. The van der Waals surface area contributed by atoms with E-state index in [0.29, 0.717) is 23.5 Å². The summed E-state index contributed by atoms with van der Waals surface area (Å²) < 4.78 is 5.30. The highest BCUT2D eigenvalue weighted by Crippen LogP contribution is 2.26. The quantitative estimate of drug-likeness (QED) is 0.626. The smallest absolute Gasteiger partial charge is 0.407 e. The largest absolute Gasteiger partial charge is 0.444 e. The van der Waals surface area contributed by atoms with E-state index in [9.17, 15) is 14.9 Å². The summed E-state index contributed by atoms with van der Waals surface area (Å²) in [7, 11) is 0. The number of benzene rings is 1. The fraction of sp³-hybridized carbons (Fsp3) is 0.556. The van der Waals surface area contributed by atoms with E-state index in [4.69, 9.17) is 4.74 Å². The molecule has 27 heavy (non-hydrogen) atoms. The Kier molecular flexibility index (Phi) is 5.20. The van der Waals surface area contributed by atoms with Crippen LogP contribution < -0.4 is 10.2 Å². The van der Waals surface area contributed by atoms with Crippen molar-refractivity contribution >= 4 is 28.8 Å². The third kappa shape index (κ3) is 4.66. The van der Waals surface area contributed by atoms with Crippen LogP contribution in [0.5, 0.6) is 0 Å². The normalized spacial score (nSPS) is 17.7. The van der Waals surface area contributed by atoms with E-state index in [1.165, 1.54) is 12.1 Å². The molecular formula is C18H25N5O4. The van der Waals surface area contributed by atoms with E-state index < -0.39 is 16.6 Å².